The third-order valence-corrected chi connectivity index (χ3v) is 4.72. The highest BCUT2D eigenvalue weighted by atomic mass is 16.5. The van der Waals surface area contributed by atoms with E-state index in [0.717, 1.165) is 5.56 Å². The van der Waals surface area contributed by atoms with Crippen molar-refractivity contribution in [1.82, 2.24) is 30.7 Å². The number of carbonyl (C=O) groups is 2. The topological polar surface area (TPSA) is 172 Å². The second-order valence-electron chi connectivity index (χ2n) is 7.13. The van der Waals surface area contributed by atoms with Crippen molar-refractivity contribution in [3.8, 4) is 34.0 Å². The largest absolute Gasteiger partial charge is 0.493 e. The molecule has 0 radical (unpaired) electrons. The summed E-state index contributed by atoms with van der Waals surface area (Å²) in [6, 6.07) is 12.1. The summed E-state index contributed by atoms with van der Waals surface area (Å²) in [5.41, 5.74) is 1.94. The zero-order valence-corrected chi connectivity index (χ0v) is 18.2. The molecule has 2 aromatic carbocycles. The minimum Gasteiger partial charge on any atom is -0.493 e. The zero-order chi connectivity index (χ0) is 24.2. The maximum atomic E-state index is 12.3. The Hall–Kier alpha value is -4.74. The number of carbonyl (C=O) groups excluding carboxylic acids is 1. The molecule has 2 aromatic heterocycles. The number of ether oxygens (including phenoxy) is 2. The van der Waals surface area contributed by atoms with E-state index in [4.69, 9.17) is 9.47 Å². The van der Waals surface area contributed by atoms with Crippen LogP contribution in [-0.2, 0) is 9.59 Å². The summed E-state index contributed by atoms with van der Waals surface area (Å²) in [6.45, 7) is 3.40. The Kier molecular flexibility index (Phi) is 6.21. The number of benzene rings is 2. The summed E-state index contributed by atoms with van der Waals surface area (Å²) in [5.74, 6) is -0.840. The first-order valence-electron chi connectivity index (χ1n) is 10.2. The van der Waals surface area contributed by atoms with E-state index >= 15 is 0 Å². The van der Waals surface area contributed by atoms with Crippen molar-refractivity contribution in [3.05, 3.63) is 52.8 Å². The number of aliphatic carboxylic acids is 1. The van der Waals surface area contributed by atoms with Gasteiger partial charge in [-0.1, -0.05) is 23.4 Å². The third kappa shape index (κ3) is 4.70. The van der Waals surface area contributed by atoms with Crippen LogP contribution in [0.15, 0.2) is 47.3 Å². The summed E-state index contributed by atoms with van der Waals surface area (Å²) < 4.78 is 11.2. The van der Waals surface area contributed by atoms with E-state index in [2.05, 4.69) is 30.7 Å². The van der Waals surface area contributed by atoms with E-state index in [1.807, 2.05) is 13.0 Å². The Labute approximate surface area is 191 Å². The van der Waals surface area contributed by atoms with Gasteiger partial charge in [-0.25, -0.2) is 14.9 Å². The Bertz CT molecular complexity index is 1430. The van der Waals surface area contributed by atoms with E-state index in [0.29, 0.717) is 23.5 Å². The van der Waals surface area contributed by atoms with Gasteiger partial charge in [0.15, 0.2) is 11.2 Å². The SMILES string of the molecule is CCOc1cc(-c2cccc(O[C@H](NC(C)=O)C(=O)O)c2)ccc1-c1nc2[nH]nnc2c(=O)[nH]1. The molecule has 4 rings (SSSR count). The molecule has 0 fully saturated rings. The van der Waals surface area contributed by atoms with Crippen LogP contribution >= 0.6 is 0 Å². The minimum atomic E-state index is -1.52. The maximum Gasteiger partial charge on any atom is 0.366 e. The first-order chi connectivity index (χ1) is 16.4. The molecule has 12 nitrogen and oxygen atoms in total. The molecular formula is C22H20N6O6. The number of hydrogen-bond acceptors (Lipinski definition) is 8. The molecule has 12 heteroatoms. The Morgan fingerprint density at radius 3 is 2.71 bits per heavy atom. The molecule has 34 heavy (non-hydrogen) atoms. The number of H-pyrrole nitrogens is 2. The van der Waals surface area contributed by atoms with Gasteiger partial charge in [-0.15, -0.1) is 5.10 Å². The summed E-state index contributed by atoms with van der Waals surface area (Å²) in [7, 11) is 0. The Morgan fingerprint density at radius 2 is 1.97 bits per heavy atom. The van der Waals surface area contributed by atoms with Crippen LogP contribution in [0.3, 0.4) is 0 Å². The molecule has 0 saturated heterocycles. The number of amides is 1. The molecule has 0 aliphatic heterocycles. The number of nitrogens with zero attached hydrogens (tertiary/aromatic N) is 3. The van der Waals surface area contributed by atoms with Crippen molar-refractivity contribution >= 4 is 23.0 Å². The van der Waals surface area contributed by atoms with Crippen LogP contribution in [0.1, 0.15) is 13.8 Å². The van der Waals surface area contributed by atoms with Gasteiger partial charge in [-0.05, 0) is 42.3 Å². The lowest BCUT2D eigenvalue weighted by molar-refractivity contribution is -0.149. The number of carboxylic acids is 1. The molecular weight excluding hydrogens is 444 g/mol. The number of aromatic amines is 2. The van der Waals surface area contributed by atoms with Crippen molar-refractivity contribution in [2.24, 2.45) is 0 Å². The van der Waals surface area contributed by atoms with Crippen LogP contribution in [0, 0.1) is 0 Å². The molecule has 1 atom stereocenters. The van der Waals surface area contributed by atoms with Crippen LogP contribution in [-0.4, -0.2) is 55.2 Å². The second kappa shape index (κ2) is 9.40. The number of aromatic nitrogens is 5. The molecule has 0 spiro atoms. The first kappa shape index (κ1) is 22.5. The summed E-state index contributed by atoms with van der Waals surface area (Å²) in [5, 5.41) is 21.4. The Balaban J connectivity index is 1.69. The van der Waals surface area contributed by atoms with Crippen LogP contribution in [0.2, 0.25) is 0 Å². The van der Waals surface area contributed by atoms with Crippen molar-refractivity contribution in [3.63, 3.8) is 0 Å². The average Bonchev–Trinajstić information content (AvgIpc) is 3.28. The quantitative estimate of drug-likeness (QED) is 0.283. The van der Waals surface area contributed by atoms with Gasteiger partial charge in [0.05, 0.1) is 12.2 Å². The fraction of sp³-hybridized carbons (Fsp3) is 0.182. The van der Waals surface area contributed by atoms with Gasteiger partial charge in [-0.3, -0.25) is 9.59 Å². The summed E-state index contributed by atoms with van der Waals surface area (Å²) >= 11 is 0. The molecule has 1 amide bonds. The molecule has 0 aliphatic rings. The smallest absolute Gasteiger partial charge is 0.366 e. The minimum absolute atomic E-state index is 0.106. The van der Waals surface area contributed by atoms with Gasteiger partial charge in [0.1, 0.15) is 17.3 Å². The highest BCUT2D eigenvalue weighted by molar-refractivity contribution is 5.81. The van der Waals surface area contributed by atoms with Gasteiger partial charge >= 0.3 is 5.97 Å². The molecule has 0 aliphatic carbocycles. The lowest BCUT2D eigenvalue weighted by Gasteiger charge is -2.16. The third-order valence-electron chi connectivity index (χ3n) is 4.72. The standard InChI is InChI=1S/C22H20N6O6/c1-3-33-16-10-13(7-8-15(16)18-24-19-17(20(30)25-18)26-28-27-19)12-5-4-6-14(9-12)34-21(22(31)32)23-11(2)29/h4-10,21H,3H2,1-2H3,(H,23,29)(H,31,32)(H2,24,25,26,27,28,30)/t21-/m0/s1. The fourth-order valence-electron chi connectivity index (χ4n) is 3.27. The predicted octanol–water partition coefficient (Wildman–Crippen LogP) is 1.70. The zero-order valence-electron chi connectivity index (χ0n) is 18.2. The number of hydrogen-bond donors (Lipinski definition) is 4. The van der Waals surface area contributed by atoms with Crippen molar-refractivity contribution < 1.29 is 24.2 Å². The van der Waals surface area contributed by atoms with Crippen LogP contribution in [0.4, 0.5) is 0 Å². The van der Waals surface area contributed by atoms with Gasteiger partial charge in [-0.2, -0.15) is 0 Å². The molecule has 0 bridgehead atoms. The van der Waals surface area contributed by atoms with E-state index in [9.17, 15) is 19.5 Å². The van der Waals surface area contributed by atoms with Crippen molar-refractivity contribution in [2.75, 3.05) is 6.61 Å². The maximum absolute atomic E-state index is 12.3. The molecule has 0 saturated carbocycles. The summed E-state index contributed by atoms with van der Waals surface area (Å²) in [4.78, 5) is 42.0. The predicted molar refractivity (Wildman–Crippen MR) is 120 cm³/mol. The highest BCUT2D eigenvalue weighted by Gasteiger charge is 2.20. The van der Waals surface area contributed by atoms with Crippen molar-refractivity contribution in [2.45, 2.75) is 20.1 Å². The number of nitrogens with one attached hydrogen (secondary N) is 3. The Morgan fingerprint density at radius 1 is 1.18 bits per heavy atom. The normalized spacial score (nSPS) is 11.7. The number of carboxylic acid groups (broad SMARTS) is 1. The monoisotopic (exact) mass is 464 g/mol. The number of fused-ring (bicyclic) bond motifs is 1. The fourth-order valence-corrected chi connectivity index (χ4v) is 3.27. The van der Waals surface area contributed by atoms with Crippen LogP contribution in [0.25, 0.3) is 33.7 Å². The first-order valence-corrected chi connectivity index (χ1v) is 10.2. The average molecular weight is 464 g/mol. The highest BCUT2D eigenvalue weighted by Crippen LogP contribution is 2.34. The van der Waals surface area contributed by atoms with Crippen molar-refractivity contribution in [1.29, 1.82) is 0 Å². The molecule has 2 heterocycles. The van der Waals surface area contributed by atoms with Gasteiger partial charge in [0.2, 0.25) is 5.91 Å². The second-order valence-corrected chi connectivity index (χ2v) is 7.13. The molecule has 4 N–H and O–H groups in total. The number of rotatable bonds is 8. The molecule has 174 valence electrons. The van der Waals surface area contributed by atoms with E-state index < -0.39 is 23.7 Å². The lowest BCUT2D eigenvalue weighted by Crippen LogP contribution is -2.43. The van der Waals surface area contributed by atoms with Gasteiger partial charge in [0, 0.05) is 6.92 Å². The van der Waals surface area contributed by atoms with Crippen LogP contribution in [0.5, 0.6) is 11.5 Å². The van der Waals surface area contributed by atoms with Crippen LogP contribution < -0.4 is 20.3 Å². The lowest BCUT2D eigenvalue weighted by atomic mass is 10.0. The molecule has 0 unspecified atom stereocenters. The molecule has 4 aromatic rings. The van der Waals surface area contributed by atoms with Gasteiger partial charge in [0.25, 0.3) is 11.8 Å². The van der Waals surface area contributed by atoms with E-state index in [-0.39, 0.29) is 22.7 Å². The van der Waals surface area contributed by atoms with E-state index in [1.165, 1.54) is 6.92 Å². The van der Waals surface area contributed by atoms with E-state index in [1.54, 1.807) is 36.4 Å². The van der Waals surface area contributed by atoms with Gasteiger partial charge < -0.3 is 24.9 Å². The summed E-state index contributed by atoms with van der Waals surface area (Å²) in [6.07, 6.45) is -1.52.